The van der Waals surface area contributed by atoms with E-state index in [0.29, 0.717) is 13.2 Å². The highest BCUT2D eigenvalue weighted by Gasteiger charge is 2.39. The van der Waals surface area contributed by atoms with E-state index in [-0.39, 0.29) is 5.41 Å². The summed E-state index contributed by atoms with van der Waals surface area (Å²) >= 11 is 0. The maximum Gasteiger partial charge on any atom is 0.119 e. The molecule has 1 saturated heterocycles. The highest BCUT2D eigenvalue weighted by atomic mass is 16.5. The van der Waals surface area contributed by atoms with Gasteiger partial charge < -0.3 is 14.4 Å². The van der Waals surface area contributed by atoms with Crippen molar-refractivity contribution in [3.63, 3.8) is 0 Å². The monoisotopic (exact) mass is 246 g/mol. The second-order valence-corrected chi connectivity index (χ2v) is 4.91. The zero-order valence-corrected chi connectivity index (χ0v) is 10.8. The van der Waals surface area contributed by atoms with Crippen molar-refractivity contribution < 1.29 is 9.47 Å². The van der Waals surface area contributed by atoms with Crippen molar-refractivity contribution in [3.8, 4) is 11.8 Å². The molecule has 0 unspecified atom stereocenters. The first-order valence-electron chi connectivity index (χ1n) is 5.98. The molecule has 0 amide bonds. The second-order valence-electron chi connectivity index (χ2n) is 4.91. The van der Waals surface area contributed by atoms with Crippen LogP contribution in [-0.4, -0.2) is 38.8 Å². The van der Waals surface area contributed by atoms with Crippen LogP contribution >= 0.6 is 0 Å². The zero-order chi connectivity index (χ0) is 13.0. The van der Waals surface area contributed by atoms with Crippen LogP contribution in [0.5, 0.6) is 5.75 Å². The van der Waals surface area contributed by atoms with E-state index in [1.165, 1.54) is 5.56 Å². The van der Waals surface area contributed by atoms with Gasteiger partial charge in [0.05, 0.1) is 26.4 Å². The van der Waals surface area contributed by atoms with Crippen LogP contribution in [0.25, 0.3) is 0 Å². The van der Waals surface area contributed by atoms with Crippen molar-refractivity contribution in [1.82, 2.24) is 4.90 Å². The molecule has 4 nitrogen and oxygen atoms in total. The molecule has 1 aromatic rings. The molecule has 0 spiro atoms. The topological polar surface area (TPSA) is 45.5 Å². The van der Waals surface area contributed by atoms with Crippen LogP contribution in [0.15, 0.2) is 24.3 Å². The molecular formula is C14H18N2O2. The molecule has 1 fully saturated rings. The molecule has 0 aromatic heterocycles. The van der Waals surface area contributed by atoms with Gasteiger partial charge in [0.15, 0.2) is 0 Å². The number of ether oxygens (including phenoxy) is 2. The van der Waals surface area contributed by atoms with Gasteiger partial charge in [-0.25, -0.2) is 0 Å². The van der Waals surface area contributed by atoms with Gasteiger partial charge in [-0.15, -0.1) is 0 Å². The number of methoxy groups -OCH3 is 1. The Morgan fingerprint density at radius 1 is 1.50 bits per heavy atom. The first-order valence-corrected chi connectivity index (χ1v) is 5.98. The van der Waals surface area contributed by atoms with Gasteiger partial charge in [-0.3, -0.25) is 0 Å². The molecule has 96 valence electrons. The molecule has 2 rings (SSSR count). The highest BCUT2D eigenvalue weighted by molar-refractivity contribution is 5.28. The smallest absolute Gasteiger partial charge is 0.119 e. The van der Waals surface area contributed by atoms with Crippen LogP contribution in [0, 0.1) is 16.7 Å². The largest absolute Gasteiger partial charge is 0.497 e. The van der Waals surface area contributed by atoms with Crippen LogP contribution in [0.3, 0.4) is 0 Å². The molecule has 1 aliphatic heterocycles. The van der Waals surface area contributed by atoms with Crippen LogP contribution in [0.1, 0.15) is 5.56 Å². The number of nitrogens with zero attached hydrogens (tertiary/aromatic N) is 2. The molecule has 0 N–H and O–H groups in total. The van der Waals surface area contributed by atoms with E-state index >= 15 is 0 Å². The number of nitriles is 1. The van der Waals surface area contributed by atoms with Gasteiger partial charge in [0.1, 0.15) is 11.2 Å². The van der Waals surface area contributed by atoms with Crippen molar-refractivity contribution in [2.24, 2.45) is 5.41 Å². The van der Waals surface area contributed by atoms with E-state index in [9.17, 15) is 0 Å². The molecular weight excluding hydrogens is 228 g/mol. The summed E-state index contributed by atoms with van der Waals surface area (Å²) in [6.07, 6.45) is 0. The van der Waals surface area contributed by atoms with Gasteiger partial charge in [-0.05, 0) is 24.7 Å². The third kappa shape index (κ3) is 2.81. The third-order valence-electron chi connectivity index (χ3n) is 3.15. The minimum absolute atomic E-state index is 0.312. The quantitative estimate of drug-likeness (QED) is 0.792. The summed E-state index contributed by atoms with van der Waals surface area (Å²) in [6, 6.07) is 10.4. The maximum atomic E-state index is 9.16. The molecule has 1 aliphatic rings. The van der Waals surface area contributed by atoms with Crippen molar-refractivity contribution in [2.45, 2.75) is 6.54 Å². The van der Waals surface area contributed by atoms with E-state index in [2.05, 4.69) is 17.0 Å². The Labute approximate surface area is 108 Å². The normalized spacial score (nSPS) is 17.0. The first-order chi connectivity index (χ1) is 8.67. The van der Waals surface area contributed by atoms with Crippen LogP contribution < -0.4 is 4.74 Å². The summed E-state index contributed by atoms with van der Waals surface area (Å²) in [5.74, 6) is 0.864. The van der Waals surface area contributed by atoms with Gasteiger partial charge in [0, 0.05) is 13.1 Å². The summed E-state index contributed by atoms with van der Waals surface area (Å²) in [5, 5.41) is 9.16. The highest BCUT2D eigenvalue weighted by Crippen LogP contribution is 2.27. The predicted molar refractivity (Wildman–Crippen MR) is 68.2 cm³/mol. The van der Waals surface area contributed by atoms with Crippen molar-refractivity contribution in [3.05, 3.63) is 29.8 Å². The molecule has 4 heteroatoms. The van der Waals surface area contributed by atoms with E-state index in [4.69, 9.17) is 14.7 Å². The fraction of sp³-hybridized carbons (Fsp3) is 0.500. The third-order valence-corrected chi connectivity index (χ3v) is 3.15. The maximum absolute atomic E-state index is 9.16. The lowest BCUT2D eigenvalue weighted by Crippen LogP contribution is -2.48. The van der Waals surface area contributed by atoms with Crippen molar-refractivity contribution in [1.29, 1.82) is 5.26 Å². The van der Waals surface area contributed by atoms with Crippen molar-refractivity contribution >= 4 is 0 Å². The van der Waals surface area contributed by atoms with Gasteiger partial charge in [-0.2, -0.15) is 5.26 Å². The minimum Gasteiger partial charge on any atom is -0.497 e. The molecule has 0 aliphatic carbocycles. The lowest BCUT2D eigenvalue weighted by atomic mass is 9.87. The Morgan fingerprint density at radius 2 is 2.28 bits per heavy atom. The summed E-state index contributed by atoms with van der Waals surface area (Å²) in [4.78, 5) is 2.15. The molecule has 0 bridgehead atoms. The molecule has 1 aromatic carbocycles. The SMILES string of the molecule is COc1cccc(CN(C)CC2(C#N)COC2)c1. The Kier molecular flexibility index (Phi) is 3.85. The number of hydrogen-bond acceptors (Lipinski definition) is 4. The number of hydrogen-bond donors (Lipinski definition) is 0. The van der Waals surface area contributed by atoms with Gasteiger partial charge >= 0.3 is 0 Å². The Bertz CT molecular complexity index is 449. The Hall–Kier alpha value is -1.57. The predicted octanol–water partition coefficient (Wildman–Crippen LogP) is 1.67. The van der Waals surface area contributed by atoms with Gasteiger partial charge in [0.2, 0.25) is 0 Å². The number of benzene rings is 1. The van der Waals surface area contributed by atoms with Crippen molar-refractivity contribution in [2.75, 3.05) is 33.9 Å². The van der Waals surface area contributed by atoms with Crippen LogP contribution in [0.2, 0.25) is 0 Å². The molecule has 0 radical (unpaired) electrons. The average molecular weight is 246 g/mol. The molecule has 18 heavy (non-hydrogen) atoms. The summed E-state index contributed by atoms with van der Waals surface area (Å²) < 4.78 is 10.3. The van der Waals surface area contributed by atoms with Gasteiger partial charge in [-0.1, -0.05) is 12.1 Å². The molecule has 0 atom stereocenters. The summed E-state index contributed by atoms with van der Waals surface area (Å²) in [6.45, 7) is 2.64. The van der Waals surface area contributed by atoms with E-state index in [1.54, 1.807) is 7.11 Å². The lowest BCUT2D eigenvalue weighted by Gasteiger charge is -2.38. The second kappa shape index (κ2) is 5.38. The lowest BCUT2D eigenvalue weighted by molar-refractivity contribution is -0.0895. The van der Waals surface area contributed by atoms with E-state index in [0.717, 1.165) is 18.8 Å². The Balaban J connectivity index is 1.94. The fourth-order valence-electron chi connectivity index (χ4n) is 2.19. The Morgan fingerprint density at radius 3 is 2.83 bits per heavy atom. The fourth-order valence-corrected chi connectivity index (χ4v) is 2.19. The van der Waals surface area contributed by atoms with E-state index in [1.807, 2.05) is 25.2 Å². The zero-order valence-electron chi connectivity index (χ0n) is 10.8. The first kappa shape index (κ1) is 12.9. The average Bonchev–Trinajstić information content (AvgIpc) is 2.34. The molecule has 0 saturated carbocycles. The summed E-state index contributed by atoms with van der Waals surface area (Å²) in [7, 11) is 3.69. The van der Waals surface area contributed by atoms with Gasteiger partial charge in [0.25, 0.3) is 0 Å². The van der Waals surface area contributed by atoms with E-state index < -0.39 is 0 Å². The standard InChI is InChI=1S/C14H18N2O2/c1-16(9-14(8-15)10-18-11-14)7-12-4-3-5-13(6-12)17-2/h3-6H,7,9-11H2,1-2H3. The van der Waals surface area contributed by atoms with Crippen LogP contribution in [-0.2, 0) is 11.3 Å². The minimum atomic E-state index is -0.312. The number of rotatable bonds is 5. The summed E-state index contributed by atoms with van der Waals surface area (Å²) in [5.41, 5.74) is 0.873. The molecule has 1 heterocycles. The van der Waals surface area contributed by atoms with Crippen LogP contribution in [0.4, 0.5) is 0 Å².